The molecule has 3 aromatic carbocycles. The number of aromatic nitrogens is 3. The number of hydrogen-bond donors (Lipinski definition) is 2. The molecule has 0 aliphatic rings. The van der Waals surface area contributed by atoms with Crippen LogP contribution in [0.3, 0.4) is 0 Å². The molecule has 234 valence electrons. The molecule has 0 saturated carbocycles. The van der Waals surface area contributed by atoms with E-state index in [2.05, 4.69) is 15.3 Å². The molecular weight excluding hydrogens is 596 g/mol. The first kappa shape index (κ1) is 31.7. The van der Waals surface area contributed by atoms with Crippen LogP contribution in [0.5, 0.6) is 5.88 Å². The SMILES string of the molecule is CO[C@@H](CNC(C)=O)Cn1c(Cc2ccc(-c3cccc(OCc4ccc(C#N)cc4F)n3)cc2F)nc2ccc(C(=O)O)cc21. The molecule has 0 spiro atoms. The Balaban J connectivity index is 1.39. The van der Waals surface area contributed by atoms with Gasteiger partial charge in [0.15, 0.2) is 0 Å². The molecule has 0 radical (unpaired) electrons. The highest BCUT2D eigenvalue weighted by atomic mass is 19.1. The molecule has 0 aliphatic heterocycles. The minimum atomic E-state index is -1.09. The van der Waals surface area contributed by atoms with Gasteiger partial charge in [0.2, 0.25) is 11.8 Å². The Labute approximate surface area is 262 Å². The number of halogens is 2. The van der Waals surface area contributed by atoms with Crippen molar-refractivity contribution in [3.05, 3.63) is 113 Å². The van der Waals surface area contributed by atoms with Gasteiger partial charge in [0.25, 0.3) is 0 Å². The fourth-order valence-electron chi connectivity index (χ4n) is 4.89. The summed E-state index contributed by atoms with van der Waals surface area (Å²) in [6.07, 6.45) is -0.373. The highest BCUT2D eigenvalue weighted by Gasteiger charge is 2.19. The summed E-state index contributed by atoms with van der Waals surface area (Å²) in [5.41, 5.74) is 2.90. The molecule has 2 aromatic heterocycles. The number of amides is 1. The lowest BCUT2D eigenvalue weighted by molar-refractivity contribution is -0.119. The van der Waals surface area contributed by atoms with Crippen molar-refractivity contribution >= 4 is 22.9 Å². The molecule has 1 amide bonds. The number of rotatable bonds is 12. The number of imidazole rings is 1. The zero-order valence-corrected chi connectivity index (χ0v) is 25.0. The summed E-state index contributed by atoms with van der Waals surface area (Å²) in [7, 11) is 1.51. The van der Waals surface area contributed by atoms with Crippen molar-refractivity contribution in [2.75, 3.05) is 13.7 Å². The minimum Gasteiger partial charge on any atom is -0.478 e. The minimum absolute atomic E-state index is 0.0762. The standard InChI is InChI=1S/C34H29F2N5O5/c1-20(42)38-17-26(45-2)18-41-31-14-24(34(43)44)10-11-30(31)39-32(41)15-22-8-9-23(13-28(22)36)29-4-3-5-33(40-29)46-19-25-7-6-21(16-37)12-27(25)35/h3-14,26H,15,17-19H2,1-2H3,(H,38,42)(H,43,44)/t26-/m0/s1. The molecule has 46 heavy (non-hydrogen) atoms. The topological polar surface area (TPSA) is 139 Å². The molecule has 1 atom stereocenters. The lowest BCUT2D eigenvalue weighted by Gasteiger charge is -2.19. The van der Waals surface area contributed by atoms with E-state index in [0.29, 0.717) is 33.7 Å². The number of nitriles is 1. The number of methoxy groups -OCH3 is 1. The van der Waals surface area contributed by atoms with E-state index < -0.39 is 23.7 Å². The van der Waals surface area contributed by atoms with E-state index in [-0.39, 0.29) is 54.6 Å². The Morgan fingerprint density at radius 1 is 1.02 bits per heavy atom. The Hall–Kier alpha value is -5.67. The third-order valence-corrected chi connectivity index (χ3v) is 7.35. The van der Waals surface area contributed by atoms with Crippen LogP contribution >= 0.6 is 0 Å². The summed E-state index contributed by atoms with van der Waals surface area (Å²) in [5, 5.41) is 21.2. The van der Waals surface area contributed by atoms with Crippen LogP contribution in [0, 0.1) is 23.0 Å². The average Bonchev–Trinajstić information content (AvgIpc) is 3.38. The maximum absolute atomic E-state index is 15.6. The Kier molecular flexibility index (Phi) is 9.64. The van der Waals surface area contributed by atoms with Gasteiger partial charge in [-0.1, -0.05) is 24.3 Å². The average molecular weight is 626 g/mol. The number of benzene rings is 3. The van der Waals surface area contributed by atoms with Crippen molar-refractivity contribution in [2.24, 2.45) is 0 Å². The van der Waals surface area contributed by atoms with E-state index in [9.17, 15) is 19.1 Å². The van der Waals surface area contributed by atoms with Gasteiger partial charge in [-0.2, -0.15) is 5.26 Å². The molecule has 5 aromatic rings. The van der Waals surface area contributed by atoms with Crippen molar-refractivity contribution in [3.63, 3.8) is 0 Å². The first-order chi connectivity index (χ1) is 22.1. The zero-order chi connectivity index (χ0) is 32.8. The number of hydrogen-bond acceptors (Lipinski definition) is 7. The number of ether oxygens (including phenoxy) is 2. The molecule has 0 bridgehead atoms. The number of nitrogens with zero attached hydrogens (tertiary/aromatic N) is 4. The van der Waals surface area contributed by atoms with E-state index >= 15 is 4.39 Å². The molecule has 2 heterocycles. The summed E-state index contributed by atoms with van der Waals surface area (Å²) in [5.74, 6) is -1.68. The second-order valence-electron chi connectivity index (χ2n) is 10.5. The second kappa shape index (κ2) is 14.0. The fraction of sp³-hybridized carbons (Fsp3) is 0.206. The van der Waals surface area contributed by atoms with Crippen LogP contribution in [-0.4, -0.2) is 51.3 Å². The lowest BCUT2D eigenvalue weighted by atomic mass is 10.1. The van der Waals surface area contributed by atoms with Gasteiger partial charge >= 0.3 is 5.97 Å². The van der Waals surface area contributed by atoms with E-state index in [1.54, 1.807) is 41.0 Å². The quantitative estimate of drug-likeness (QED) is 0.191. The number of carboxylic acid groups (broad SMARTS) is 1. The molecule has 10 nitrogen and oxygen atoms in total. The zero-order valence-electron chi connectivity index (χ0n) is 25.0. The summed E-state index contributed by atoms with van der Waals surface area (Å²) >= 11 is 0. The molecule has 0 aliphatic carbocycles. The van der Waals surface area contributed by atoms with Crippen molar-refractivity contribution in [1.29, 1.82) is 5.26 Å². The number of fused-ring (bicyclic) bond motifs is 1. The van der Waals surface area contributed by atoms with Gasteiger partial charge in [-0.3, -0.25) is 4.79 Å². The highest BCUT2D eigenvalue weighted by molar-refractivity contribution is 5.92. The molecule has 0 saturated heterocycles. The molecule has 2 N–H and O–H groups in total. The Bertz CT molecular complexity index is 1970. The van der Waals surface area contributed by atoms with Gasteiger partial charge in [0, 0.05) is 44.2 Å². The number of aromatic carboxylic acids is 1. The first-order valence-electron chi connectivity index (χ1n) is 14.2. The predicted octanol–water partition coefficient (Wildman–Crippen LogP) is 5.27. The van der Waals surface area contributed by atoms with Gasteiger partial charge in [0.1, 0.15) is 24.1 Å². The Morgan fingerprint density at radius 3 is 2.50 bits per heavy atom. The number of nitrogens with one attached hydrogen (secondary N) is 1. The van der Waals surface area contributed by atoms with Crippen LogP contribution in [0.4, 0.5) is 8.78 Å². The first-order valence-corrected chi connectivity index (χ1v) is 14.2. The molecule has 5 rings (SSSR count). The van der Waals surface area contributed by atoms with Crippen molar-refractivity contribution in [2.45, 2.75) is 32.6 Å². The maximum atomic E-state index is 15.6. The smallest absolute Gasteiger partial charge is 0.335 e. The van der Waals surface area contributed by atoms with E-state index in [4.69, 9.17) is 14.7 Å². The summed E-state index contributed by atoms with van der Waals surface area (Å²) < 4.78 is 42.9. The monoisotopic (exact) mass is 625 g/mol. The fourth-order valence-corrected chi connectivity index (χ4v) is 4.89. The van der Waals surface area contributed by atoms with Gasteiger partial charge < -0.3 is 24.5 Å². The van der Waals surface area contributed by atoms with Crippen LogP contribution < -0.4 is 10.1 Å². The summed E-state index contributed by atoms with van der Waals surface area (Å²) in [4.78, 5) is 32.3. The van der Waals surface area contributed by atoms with Gasteiger partial charge in [-0.25, -0.2) is 23.5 Å². The number of carbonyl (C=O) groups excluding carboxylic acids is 1. The van der Waals surface area contributed by atoms with Gasteiger partial charge in [0.05, 0.1) is 46.6 Å². The number of carboxylic acids is 1. The van der Waals surface area contributed by atoms with E-state index in [1.807, 2.05) is 6.07 Å². The van der Waals surface area contributed by atoms with Crippen molar-refractivity contribution in [3.8, 4) is 23.2 Å². The van der Waals surface area contributed by atoms with Crippen LogP contribution in [0.25, 0.3) is 22.3 Å². The van der Waals surface area contributed by atoms with Crippen LogP contribution in [0.1, 0.15) is 39.8 Å². The number of pyridine rings is 1. The Morgan fingerprint density at radius 2 is 1.80 bits per heavy atom. The highest BCUT2D eigenvalue weighted by Crippen LogP contribution is 2.26. The van der Waals surface area contributed by atoms with Crippen LogP contribution in [0.2, 0.25) is 0 Å². The second-order valence-corrected chi connectivity index (χ2v) is 10.5. The number of carbonyl (C=O) groups is 2. The van der Waals surface area contributed by atoms with Gasteiger partial charge in [-0.15, -0.1) is 0 Å². The summed E-state index contributed by atoms with van der Waals surface area (Å²) in [6.45, 7) is 1.73. The van der Waals surface area contributed by atoms with Crippen molar-refractivity contribution in [1.82, 2.24) is 19.9 Å². The molecule has 12 heteroatoms. The largest absolute Gasteiger partial charge is 0.478 e. The van der Waals surface area contributed by atoms with Crippen LogP contribution in [0.15, 0.2) is 72.8 Å². The van der Waals surface area contributed by atoms with Crippen LogP contribution in [-0.2, 0) is 29.1 Å². The molecule has 0 unspecified atom stereocenters. The third kappa shape index (κ3) is 7.34. The lowest BCUT2D eigenvalue weighted by Crippen LogP contribution is -2.34. The van der Waals surface area contributed by atoms with Crippen molar-refractivity contribution < 1.29 is 33.0 Å². The normalized spacial score (nSPS) is 11.6. The maximum Gasteiger partial charge on any atom is 0.335 e. The third-order valence-electron chi connectivity index (χ3n) is 7.35. The molecule has 0 fully saturated rings. The summed E-state index contributed by atoms with van der Waals surface area (Å²) in [6, 6.07) is 20.3. The van der Waals surface area contributed by atoms with E-state index in [0.717, 1.165) is 6.07 Å². The van der Waals surface area contributed by atoms with E-state index in [1.165, 1.54) is 44.4 Å². The predicted molar refractivity (Wildman–Crippen MR) is 164 cm³/mol. The van der Waals surface area contributed by atoms with Gasteiger partial charge in [-0.05, 0) is 48.0 Å². The molecular formula is C34H29F2N5O5.